The number of rotatable bonds is 9. The van der Waals surface area contributed by atoms with Crippen molar-refractivity contribution in [3.05, 3.63) is 47.3 Å². The van der Waals surface area contributed by atoms with E-state index in [0.717, 1.165) is 42.8 Å². The van der Waals surface area contributed by atoms with E-state index in [1.165, 1.54) is 50.9 Å². The highest BCUT2D eigenvalue weighted by molar-refractivity contribution is 6.02. The summed E-state index contributed by atoms with van der Waals surface area (Å²) in [6, 6.07) is 10.3. The van der Waals surface area contributed by atoms with Crippen molar-refractivity contribution in [1.82, 2.24) is 9.47 Å². The molecule has 1 amide bonds. The summed E-state index contributed by atoms with van der Waals surface area (Å²) in [6.07, 6.45) is 8.48. The lowest BCUT2D eigenvalue weighted by molar-refractivity contribution is 0.1000. The second kappa shape index (κ2) is 9.92. The lowest BCUT2D eigenvalue weighted by Gasteiger charge is -2.27. The van der Waals surface area contributed by atoms with Gasteiger partial charge in [0.2, 0.25) is 0 Å². The number of likely N-dealkylation sites (tertiary alicyclic amines) is 1. The van der Waals surface area contributed by atoms with Crippen molar-refractivity contribution in [1.29, 1.82) is 0 Å². The van der Waals surface area contributed by atoms with Gasteiger partial charge in [-0.05, 0) is 51.3 Å². The zero-order valence-corrected chi connectivity index (χ0v) is 17.5. The molecule has 0 radical (unpaired) electrons. The third-order valence-electron chi connectivity index (χ3n) is 6.05. The number of piperidine rings is 1. The number of aromatic nitrogens is 1. The van der Waals surface area contributed by atoms with Gasteiger partial charge in [-0.2, -0.15) is 0 Å². The van der Waals surface area contributed by atoms with Gasteiger partial charge in [-0.15, -0.1) is 0 Å². The first-order chi connectivity index (χ1) is 13.6. The number of benzene rings is 1. The summed E-state index contributed by atoms with van der Waals surface area (Å²) in [4.78, 5) is 15.0. The van der Waals surface area contributed by atoms with Crippen LogP contribution in [-0.2, 0) is 13.0 Å². The van der Waals surface area contributed by atoms with Crippen molar-refractivity contribution in [3.63, 3.8) is 0 Å². The van der Waals surface area contributed by atoms with Crippen LogP contribution in [0.1, 0.15) is 67.2 Å². The van der Waals surface area contributed by atoms with Gasteiger partial charge in [0.05, 0.1) is 5.56 Å². The maximum atomic E-state index is 12.4. The maximum Gasteiger partial charge on any atom is 0.251 e. The molecule has 1 aliphatic heterocycles. The van der Waals surface area contributed by atoms with Crippen LogP contribution in [0.25, 0.3) is 11.1 Å². The lowest BCUT2D eigenvalue weighted by atomic mass is 9.97. The summed E-state index contributed by atoms with van der Waals surface area (Å²) in [6.45, 7) is 8.65. The molecule has 1 saturated heterocycles. The van der Waals surface area contributed by atoms with E-state index in [4.69, 9.17) is 5.73 Å². The number of hydrogen-bond donors (Lipinski definition) is 1. The second-order valence-corrected chi connectivity index (χ2v) is 8.02. The molecule has 0 saturated carbocycles. The molecular formula is C24H35N3O. The minimum atomic E-state index is -0.315. The molecule has 1 aromatic heterocycles. The average Bonchev–Trinajstić information content (AvgIpc) is 3.00. The molecule has 0 aliphatic carbocycles. The average molecular weight is 382 g/mol. The summed E-state index contributed by atoms with van der Waals surface area (Å²) in [5, 5.41) is 0. The Morgan fingerprint density at radius 1 is 1.04 bits per heavy atom. The van der Waals surface area contributed by atoms with Crippen molar-refractivity contribution >= 4 is 5.91 Å². The Balaban J connectivity index is 1.99. The highest BCUT2D eigenvalue weighted by atomic mass is 16.1. The highest BCUT2D eigenvalue weighted by Crippen LogP contribution is 2.34. The van der Waals surface area contributed by atoms with E-state index in [1.807, 2.05) is 18.2 Å². The van der Waals surface area contributed by atoms with Crippen LogP contribution in [0.15, 0.2) is 30.3 Å². The van der Waals surface area contributed by atoms with Crippen molar-refractivity contribution in [2.45, 2.75) is 65.3 Å². The predicted octanol–water partition coefficient (Wildman–Crippen LogP) is 4.78. The van der Waals surface area contributed by atoms with Crippen LogP contribution in [0, 0.1) is 6.92 Å². The number of carbonyl (C=O) groups excluding carboxylic acids is 1. The molecule has 152 valence electrons. The first kappa shape index (κ1) is 20.7. The Morgan fingerprint density at radius 3 is 2.39 bits per heavy atom. The van der Waals surface area contributed by atoms with Crippen LogP contribution >= 0.6 is 0 Å². The van der Waals surface area contributed by atoms with E-state index in [9.17, 15) is 4.79 Å². The molecular weight excluding hydrogens is 346 g/mol. The number of nitrogens with zero attached hydrogens (tertiary/aromatic N) is 2. The Kier molecular flexibility index (Phi) is 7.32. The first-order valence-corrected chi connectivity index (χ1v) is 10.9. The van der Waals surface area contributed by atoms with Gasteiger partial charge < -0.3 is 15.2 Å². The molecule has 0 unspecified atom stereocenters. The molecule has 2 heterocycles. The van der Waals surface area contributed by atoms with Crippen molar-refractivity contribution < 1.29 is 4.79 Å². The summed E-state index contributed by atoms with van der Waals surface area (Å²) in [5.41, 5.74) is 11.0. The highest BCUT2D eigenvalue weighted by Gasteiger charge is 2.24. The van der Waals surface area contributed by atoms with Crippen LogP contribution in [0.3, 0.4) is 0 Å². The minimum absolute atomic E-state index is 0.315. The van der Waals surface area contributed by atoms with E-state index in [1.54, 1.807) is 0 Å². The van der Waals surface area contributed by atoms with Crippen molar-refractivity contribution in [2.24, 2.45) is 5.73 Å². The van der Waals surface area contributed by atoms with E-state index < -0.39 is 0 Å². The van der Waals surface area contributed by atoms with E-state index >= 15 is 0 Å². The van der Waals surface area contributed by atoms with E-state index in [-0.39, 0.29) is 5.91 Å². The fourth-order valence-corrected chi connectivity index (χ4v) is 4.54. The lowest BCUT2D eigenvalue weighted by Crippen LogP contribution is -2.33. The molecule has 0 spiro atoms. The Bertz CT molecular complexity index is 773. The molecule has 1 aromatic carbocycles. The number of nitrogens with two attached hydrogens (primary N) is 1. The number of amides is 1. The summed E-state index contributed by atoms with van der Waals surface area (Å²) >= 11 is 0. The SMILES string of the molecule is CCCCCc1c(-c2ccccc2)c(C(N)=O)c(C)n1CCN1CCCCC1. The third-order valence-corrected chi connectivity index (χ3v) is 6.05. The van der Waals surface area contributed by atoms with Crippen LogP contribution < -0.4 is 5.73 Å². The van der Waals surface area contributed by atoms with Gasteiger partial charge in [-0.1, -0.05) is 56.5 Å². The summed E-state index contributed by atoms with van der Waals surface area (Å²) in [5.74, 6) is -0.315. The zero-order chi connectivity index (χ0) is 19.9. The topological polar surface area (TPSA) is 51.3 Å². The summed E-state index contributed by atoms with van der Waals surface area (Å²) < 4.78 is 2.38. The van der Waals surface area contributed by atoms with Gasteiger partial charge in [0.25, 0.3) is 5.91 Å². The fourth-order valence-electron chi connectivity index (χ4n) is 4.54. The molecule has 2 N–H and O–H groups in total. The normalized spacial score (nSPS) is 15.1. The molecule has 4 heteroatoms. The maximum absolute atomic E-state index is 12.4. The Hall–Kier alpha value is -2.07. The quantitative estimate of drug-likeness (QED) is 0.636. The number of primary amides is 1. The molecule has 0 atom stereocenters. The predicted molar refractivity (Wildman–Crippen MR) is 117 cm³/mol. The smallest absolute Gasteiger partial charge is 0.251 e. The standard InChI is InChI=1S/C24H35N3O/c1-3-4-7-14-21-23(20-12-8-5-9-13-20)22(24(25)28)19(2)27(21)18-17-26-15-10-6-11-16-26/h5,8-9,12-13H,3-4,6-7,10-11,14-18H2,1-2H3,(H2,25,28). The Labute approximate surface area is 169 Å². The molecule has 2 aromatic rings. The van der Waals surface area contributed by atoms with Gasteiger partial charge in [0.1, 0.15) is 0 Å². The van der Waals surface area contributed by atoms with Gasteiger partial charge in [0, 0.05) is 30.0 Å². The molecule has 4 nitrogen and oxygen atoms in total. The van der Waals surface area contributed by atoms with Crippen molar-refractivity contribution in [3.8, 4) is 11.1 Å². The zero-order valence-electron chi connectivity index (χ0n) is 17.5. The van der Waals surface area contributed by atoms with Gasteiger partial charge in [0.15, 0.2) is 0 Å². The van der Waals surface area contributed by atoms with Crippen LogP contribution in [-0.4, -0.2) is 35.0 Å². The number of carbonyl (C=O) groups is 1. The van der Waals surface area contributed by atoms with Crippen LogP contribution in [0.2, 0.25) is 0 Å². The Morgan fingerprint density at radius 2 is 1.75 bits per heavy atom. The van der Waals surface area contributed by atoms with E-state index in [0.29, 0.717) is 5.56 Å². The molecule has 3 rings (SSSR count). The minimum Gasteiger partial charge on any atom is -0.366 e. The van der Waals surface area contributed by atoms with Crippen LogP contribution in [0.4, 0.5) is 0 Å². The third kappa shape index (κ3) is 4.67. The van der Waals surface area contributed by atoms with Gasteiger partial charge >= 0.3 is 0 Å². The number of unbranched alkanes of at least 4 members (excludes halogenated alkanes) is 2. The first-order valence-electron chi connectivity index (χ1n) is 10.9. The number of hydrogen-bond acceptors (Lipinski definition) is 2. The van der Waals surface area contributed by atoms with Gasteiger partial charge in [-0.25, -0.2) is 0 Å². The monoisotopic (exact) mass is 381 g/mol. The molecule has 0 bridgehead atoms. The second-order valence-electron chi connectivity index (χ2n) is 8.02. The van der Waals surface area contributed by atoms with Crippen molar-refractivity contribution in [2.75, 3.05) is 19.6 Å². The van der Waals surface area contributed by atoms with Crippen LogP contribution in [0.5, 0.6) is 0 Å². The molecule has 1 aliphatic rings. The largest absolute Gasteiger partial charge is 0.366 e. The van der Waals surface area contributed by atoms with Gasteiger partial charge in [-0.3, -0.25) is 4.79 Å². The fraction of sp³-hybridized carbons (Fsp3) is 0.542. The summed E-state index contributed by atoms with van der Waals surface area (Å²) in [7, 11) is 0. The van der Waals surface area contributed by atoms with E-state index in [2.05, 4.69) is 35.4 Å². The molecule has 1 fully saturated rings. The molecule has 28 heavy (non-hydrogen) atoms.